The van der Waals surface area contributed by atoms with Crippen LogP contribution in [0.2, 0.25) is 0 Å². The van der Waals surface area contributed by atoms with E-state index in [2.05, 4.69) is 37.0 Å². The number of hydrogen-bond donors (Lipinski definition) is 0. The highest BCUT2D eigenvalue weighted by Gasteiger charge is 2.14. The number of hydrogen-bond acceptors (Lipinski definition) is 4. The van der Waals surface area contributed by atoms with E-state index < -0.39 is 0 Å². The number of nitrogens with zero attached hydrogens (tertiary/aromatic N) is 2. The molecule has 0 spiro atoms. The van der Waals surface area contributed by atoms with Gasteiger partial charge in [-0.1, -0.05) is 24.3 Å². The van der Waals surface area contributed by atoms with Crippen molar-refractivity contribution in [3.05, 3.63) is 80.5 Å². The van der Waals surface area contributed by atoms with Gasteiger partial charge in [0.1, 0.15) is 23.8 Å². The summed E-state index contributed by atoms with van der Waals surface area (Å²) in [7, 11) is 1.62. The summed E-state index contributed by atoms with van der Waals surface area (Å²) in [4.78, 5) is 12.6. The molecule has 0 fully saturated rings. The van der Waals surface area contributed by atoms with Crippen molar-refractivity contribution in [3.63, 3.8) is 0 Å². The van der Waals surface area contributed by atoms with Crippen molar-refractivity contribution in [2.75, 3.05) is 7.11 Å². The highest BCUT2D eigenvalue weighted by atomic mass is 79.9. The first kappa shape index (κ1) is 21.3. The predicted octanol–water partition coefficient (Wildman–Crippen LogP) is 5.91. The minimum absolute atomic E-state index is 0.113. The van der Waals surface area contributed by atoms with Gasteiger partial charge in [-0.15, -0.1) is 0 Å². The van der Waals surface area contributed by atoms with E-state index in [1.165, 1.54) is 0 Å². The van der Waals surface area contributed by atoms with Crippen molar-refractivity contribution < 1.29 is 14.3 Å². The second-order valence-corrected chi connectivity index (χ2v) is 7.85. The molecule has 2 aromatic carbocycles. The molecule has 0 aliphatic heterocycles. The number of benzene rings is 2. The highest BCUT2D eigenvalue weighted by molar-refractivity contribution is 9.10. The lowest BCUT2D eigenvalue weighted by atomic mass is 10.1. The van der Waals surface area contributed by atoms with Crippen molar-refractivity contribution >= 4 is 43.7 Å². The fraction of sp³-hybridized carbons (Fsp3) is 0.182. The molecule has 7 heteroatoms. The van der Waals surface area contributed by atoms with E-state index >= 15 is 0 Å². The first-order valence-electron chi connectivity index (χ1n) is 9.01. The molecule has 0 atom stereocenters. The van der Waals surface area contributed by atoms with Crippen molar-refractivity contribution in [3.8, 4) is 11.5 Å². The largest absolute Gasteiger partial charge is 0.496 e. The minimum Gasteiger partial charge on any atom is -0.496 e. The average Bonchev–Trinajstić information content (AvgIpc) is 3.12. The van der Waals surface area contributed by atoms with Crippen molar-refractivity contribution in [1.82, 2.24) is 9.78 Å². The van der Waals surface area contributed by atoms with E-state index in [1.807, 2.05) is 49.4 Å². The van der Waals surface area contributed by atoms with E-state index in [9.17, 15) is 4.79 Å². The molecule has 0 N–H and O–H groups in total. The van der Waals surface area contributed by atoms with Gasteiger partial charge in [0.2, 0.25) is 5.78 Å². The molecule has 1 heterocycles. The Morgan fingerprint density at radius 2 is 1.93 bits per heavy atom. The van der Waals surface area contributed by atoms with Gasteiger partial charge in [-0.25, -0.2) is 0 Å². The topological polar surface area (TPSA) is 53.4 Å². The molecule has 0 saturated carbocycles. The van der Waals surface area contributed by atoms with Gasteiger partial charge in [0.15, 0.2) is 0 Å². The molecule has 150 valence electrons. The van der Waals surface area contributed by atoms with Crippen LogP contribution in [-0.2, 0) is 13.2 Å². The van der Waals surface area contributed by atoms with E-state index in [4.69, 9.17) is 9.47 Å². The third kappa shape index (κ3) is 5.16. The summed E-state index contributed by atoms with van der Waals surface area (Å²) in [5, 5.41) is 4.19. The van der Waals surface area contributed by atoms with Gasteiger partial charge in [0.25, 0.3) is 0 Å². The summed E-state index contributed by atoms with van der Waals surface area (Å²) in [6.45, 7) is 2.91. The lowest BCUT2D eigenvalue weighted by molar-refractivity contribution is 0.103. The van der Waals surface area contributed by atoms with Gasteiger partial charge in [-0.05, 0) is 74.7 Å². The Labute approximate surface area is 186 Å². The van der Waals surface area contributed by atoms with Crippen LogP contribution in [0.25, 0.3) is 6.08 Å². The maximum absolute atomic E-state index is 12.6. The smallest absolute Gasteiger partial charge is 0.205 e. The van der Waals surface area contributed by atoms with Crippen molar-refractivity contribution in [2.24, 2.45) is 0 Å². The second-order valence-electron chi connectivity index (χ2n) is 6.14. The summed E-state index contributed by atoms with van der Waals surface area (Å²) in [5.74, 6) is 1.37. The standard InChI is InChI=1S/C22H20Br2N2O3/c1-3-26-22(18(24)13-25-26)19(27)10-8-15-9-11-20(28-2)16(12-15)14-29-21-7-5-4-6-17(21)23/h4-13H,3,14H2,1-2H3/b10-8+. The summed E-state index contributed by atoms with van der Waals surface area (Å²) in [6.07, 6.45) is 4.96. The fourth-order valence-corrected chi connectivity index (χ4v) is 3.72. The fourth-order valence-electron chi connectivity index (χ4n) is 2.83. The van der Waals surface area contributed by atoms with Gasteiger partial charge in [-0.3, -0.25) is 9.48 Å². The van der Waals surface area contributed by atoms with E-state index in [0.717, 1.165) is 27.1 Å². The highest BCUT2D eigenvalue weighted by Crippen LogP contribution is 2.27. The van der Waals surface area contributed by atoms with E-state index in [0.29, 0.717) is 23.3 Å². The van der Waals surface area contributed by atoms with Gasteiger partial charge in [0.05, 0.1) is 22.3 Å². The molecular weight excluding hydrogens is 500 g/mol. The van der Waals surface area contributed by atoms with Crippen molar-refractivity contribution in [1.29, 1.82) is 0 Å². The van der Waals surface area contributed by atoms with Crippen LogP contribution in [0.4, 0.5) is 0 Å². The molecule has 3 rings (SSSR count). The van der Waals surface area contributed by atoms with Crippen LogP contribution in [0.3, 0.4) is 0 Å². The number of allylic oxidation sites excluding steroid dienone is 1. The van der Waals surface area contributed by atoms with Crippen LogP contribution in [-0.4, -0.2) is 22.7 Å². The van der Waals surface area contributed by atoms with Gasteiger partial charge >= 0.3 is 0 Å². The number of methoxy groups -OCH3 is 1. The number of aromatic nitrogens is 2. The predicted molar refractivity (Wildman–Crippen MR) is 120 cm³/mol. The molecule has 0 bridgehead atoms. The van der Waals surface area contributed by atoms with E-state index in [1.54, 1.807) is 30.1 Å². The molecule has 3 aromatic rings. The monoisotopic (exact) mass is 518 g/mol. The van der Waals surface area contributed by atoms with E-state index in [-0.39, 0.29) is 5.78 Å². The number of carbonyl (C=O) groups is 1. The number of aryl methyl sites for hydroxylation is 1. The summed E-state index contributed by atoms with van der Waals surface area (Å²) >= 11 is 6.87. The molecule has 0 aliphatic rings. The first-order chi connectivity index (χ1) is 14.0. The second kappa shape index (κ2) is 9.89. The molecule has 29 heavy (non-hydrogen) atoms. The maximum atomic E-state index is 12.6. The molecule has 0 unspecified atom stereocenters. The quantitative estimate of drug-likeness (QED) is 0.274. The lowest BCUT2D eigenvalue weighted by Gasteiger charge is -2.12. The van der Waals surface area contributed by atoms with Gasteiger partial charge in [0, 0.05) is 12.1 Å². The Balaban J connectivity index is 1.79. The first-order valence-corrected chi connectivity index (χ1v) is 10.6. The average molecular weight is 520 g/mol. The molecular formula is C22H20Br2N2O3. The van der Waals surface area contributed by atoms with Crippen LogP contribution in [0.15, 0.2) is 63.7 Å². The Hall–Kier alpha value is -2.38. The molecule has 0 aliphatic carbocycles. The number of para-hydroxylation sites is 1. The number of ketones is 1. The maximum Gasteiger partial charge on any atom is 0.205 e. The normalized spacial score (nSPS) is 11.0. The Morgan fingerprint density at radius 3 is 2.66 bits per heavy atom. The van der Waals surface area contributed by atoms with Crippen molar-refractivity contribution in [2.45, 2.75) is 20.1 Å². The zero-order valence-electron chi connectivity index (χ0n) is 16.1. The summed E-state index contributed by atoms with van der Waals surface area (Å²) in [6, 6.07) is 13.4. The number of rotatable bonds is 8. The summed E-state index contributed by atoms with van der Waals surface area (Å²) in [5.41, 5.74) is 2.30. The zero-order valence-corrected chi connectivity index (χ0v) is 19.2. The Bertz CT molecular complexity index is 1040. The SMILES string of the molecule is CCn1ncc(Br)c1C(=O)/C=C/c1ccc(OC)c(COc2ccccc2Br)c1. The molecule has 1 aromatic heterocycles. The number of halogens is 2. The molecule has 0 radical (unpaired) electrons. The Kier molecular flexibility index (Phi) is 7.28. The van der Waals surface area contributed by atoms with Crippen LogP contribution < -0.4 is 9.47 Å². The number of ether oxygens (including phenoxy) is 2. The third-order valence-corrected chi connectivity index (χ3v) is 5.51. The van der Waals surface area contributed by atoms with Gasteiger partial charge < -0.3 is 9.47 Å². The lowest BCUT2D eigenvalue weighted by Crippen LogP contribution is -2.07. The summed E-state index contributed by atoms with van der Waals surface area (Å²) < 4.78 is 14.6. The van der Waals surface area contributed by atoms with Crippen LogP contribution >= 0.6 is 31.9 Å². The third-order valence-electron chi connectivity index (χ3n) is 4.28. The molecule has 0 saturated heterocycles. The minimum atomic E-state index is -0.113. The molecule has 0 amide bonds. The van der Waals surface area contributed by atoms with Crippen LogP contribution in [0.1, 0.15) is 28.5 Å². The van der Waals surface area contributed by atoms with Crippen LogP contribution in [0, 0.1) is 0 Å². The zero-order chi connectivity index (χ0) is 20.8. The number of carbonyl (C=O) groups excluding carboxylic acids is 1. The Morgan fingerprint density at radius 1 is 1.14 bits per heavy atom. The molecule has 5 nitrogen and oxygen atoms in total. The van der Waals surface area contributed by atoms with Gasteiger partial charge in [-0.2, -0.15) is 5.10 Å². The van der Waals surface area contributed by atoms with Crippen LogP contribution in [0.5, 0.6) is 11.5 Å².